The second-order valence-corrected chi connectivity index (χ2v) is 12.8. The van der Waals surface area contributed by atoms with Crippen molar-refractivity contribution >= 4 is 57.2 Å². The van der Waals surface area contributed by atoms with Crippen LogP contribution in [0.1, 0.15) is 62.4 Å². The van der Waals surface area contributed by atoms with Gasteiger partial charge >= 0.3 is 0 Å². The number of aromatic nitrogens is 3. The van der Waals surface area contributed by atoms with Gasteiger partial charge in [-0.3, -0.25) is 4.79 Å². The predicted octanol–water partition coefficient (Wildman–Crippen LogP) is 7.39. The standard InChI is InChI=1S/C27H31Cl2N5O2S2/c1-5-27(3,4)16-7-9-18-19(13-30)25(38-22(18)11-16)31-24(35)15-37-26-33-32-23(34(26)6-2)14-36-21-10-8-17(28)12-20(21)29/h8,10,12,16H,5-7,9,11,14-15H2,1-4H3,(H,31,35). The highest BCUT2D eigenvalue weighted by Crippen LogP contribution is 2.45. The number of thioether (sulfide) groups is 1. The molecule has 1 aliphatic carbocycles. The quantitative estimate of drug-likeness (QED) is 0.247. The van der Waals surface area contributed by atoms with E-state index in [9.17, 15) is 10.1 Å². The van der Waals surface area contributed by atoms with Crippen molar-refractivity contribution < 1.29 is 9.53 Å². The highest BCUT2D eigenvalue weighted by molar-refractivity contribution is 7.99. The van der Waals surface area contributed by atoms with E-state index < -0.39 is 0 Å². The Hall–Kier alpha value is -2.25. The predicted molar refractivity (Wildman–Crippen MR) is 154 cm³/mol. The molecule has 1 atom stereocenters. The number of rotatable bonds is 10. The number of amides is 1. The second-order valence-electron chi connectivity index (χ2n) is 9.94. The summed E-state index contributed by atoms with van der Waals surface area (Å²) in [5, 5.41) is 23.6. The molecule has 1 unspecified atom stereocenters. The minimum absolute atomic E-state index is 0.154. The van der Waals surface area contributed by atoms with Crippen LogP contribution in [0.25, 0.3) is 0 Å². The van der Waals surface area contributed by atoms with Crippen LogP contribution in [0.4, 0.5) is 5.00 Å². The first-order valence-corrected chi connectivity index (χ1v) is 15.2. The first kappa shape index (κ1) is 28.8. The average molecular weight is 593 g/mol. The molecule has 3 aromatic rings. The summed E-state index contributed by atoms with van der Waals surface area (Å²) in [6.07, 6.45) is 4.05. The van der Waals surface area contributed by atoms with Crippen molar-refractivity contribution in [3.8, 4) is 11.8 Å². The number of nitrogens with zero attached hydrogens (tertiary/aromatic N) is 4. The van der Waals surface area contributed by atoms with Gasteiger partial charge < -0.3 is 14.6 Å². The Morgan fingerprint density at radius 1 is 1.34 bits per heavy atom. The number of nitriles is 1. The number of carbonyl (C=O) groups is 1. The molecular formula is C27H31Cl2N5O2S2. The van der Waals surface area contributed by atoms with Gasteiger partial charge in [-0.25, -0.2) is 0 Å². The zero-order valence-electron chi connectivity index (χ0n) is 21.9. The number of hydrogen-bond acceptors (Lipinski definition) is 7. The molecular weight excluding hydrogens is 561 g/mol. The Morgan fingerprint density at radius 3 is 2.82 bits per heavy atom. The maximum Gasteiger partial charge on any atom is 0.235 e. The number of halogens is 2. The number of thiophene rings is 1. The molecule has 11 heteroatoms. The number of fused-ring (bicyclic) bond motifs is 1. The van der Waals surface area contributed by atoms with Gasteiger partial charge in [0.1, 0.15) is 23.4 Å². The molecule has 0 saturated heterocycles. The normalized spacial score (nSPS) is 15.1. The van der Waals surface area contributed by atoms with E-state index in [-0.39, 0.29) is 23.7 Å². The van der Waals surface area contributed by atoms with E-state index in [1.807, 2.05) is 11.5 Å². The van der Waals surface area contributed by atoms with E-state index in [1.165, 1.54) is 16.6 Å². The molecule has 2 aromatic heterocycles. The van der Waals surface area contributed by atoms with Crippen LogP contribution in [-0.4, -0.2) is 26.4 Å². The molecule has 4 rings (SSSR count). The Morgan fingerprint density at radius 2 is 2.13 bits per heavy atom. The van der Waals surface area contributed by atoms with Crippen molar-refractivity contribution in [2.45, 2.75) is 71.7 Å². The fraction of sp³-hybridized carbons (Fsp3) is 0.481. The van der Waals surface area contributed by atoms with Crippen LogP contribution in [0.15, 0.2) is 23.4 Å². The number of ether oxygens (including phenoxy) is 1. The lowest BCUT2D eigenvalue weighted by Gasteiger charge is -2.36. The van der Waals surface area contributed by atoms with E-state index in [4.69, 9.17) is 27.9 Å². The molecule has 0 fully saturated rings. The van der Waals surface area contributed by atoms with E-state index in [2.05, 4.69) is 42.4 Å². The molecule has 0 bridgehead atoms. The molecule has 0 radical (unpaired) electrons. The van der Waals surface area contributed by atoms with Crippen LogP contribution >= 0.6 is 46.3 Å². The van der Waals surface area contributed by atoms with Crippen LogP contribution < -0.4 is 10.1 Å². The van der Waals surface area contributed by atoms with Gasteiger partial charge in [-0.1, -0.05) is 62.2 Å². The molecule has 1 aliphatic rings. The van der Waals surface area contributed by atoms with Crippen molar-refractivity contribution in [1.82, 2.24) is 14.8 Å². The number of benzene rings is 1. The number of carbonyl (C=O) groups excluding carboxylic acids is 1. The van der Waals surface area contributed by atoms with Gasteiger partial charge in [0.05, 0.1) is 16.3 Å². The third kappa shape index (κ3) is 6.31. The third-order valence-electron chi connectivity index (χ3n) is 7.34. The summed E-state index contributed by atoms with van der Waals surface area (Å²) in [6.45, 7) is 9.65. The lowest BCUT2D eigenvalue weighted by Crippen LogP contribution is -2.28. The number of anilines is 1. The monoisotopic (exact) mass is 591 g/mol. The summed E-state index contributed by atoms with van der Waals surface area (Å²) in [5.74, 6) is 1.70. The van der Waals surface area contributed by atoms with Crippen LogP contribution in [0.5, 0.6) is 5.75 Å². The number of hydrogen-bond donors (Lipinski definition) is 1. The minimum Gasteiger partial charge on any atom is -0.484 e. The fourth-order valence-electron chi connectivity index (χ4n) is 4.63. The fourth-order valence-corrected chi connectivity index (χ4v) is 7.20. The lowest BCUT2D eigenvalue weighted by atomic mass is 9.69. The van der Waals surface area contributed by atoms with E-state index in [0.29, 0.717) is 49.8 Å². The maximum absolute atomic E-state index is 12.9. The van der Waals surface area contributed by atoms with Crippen molar-refractivity contribution in [3.05, 3.63) is 50.1 Å². The SMILES string of the molecule is CCn1c(COc2ccc(Cl)cc2Cl)nnc1SCC(=O)Nc1sc2c(c1C#N)CCC(C(C)(C)CC)C2. The van der Waals surface area contributed by atoms with Gasteiger partial charge in [0.15, 0.2) is 11.0 Å². The molecule has 0 spiro atoms. The zero-order valence-corrected chi connectivity index (χ0v) is 25.1. The maximum atomic E-state index is 12.9. The van der Waals surface area contributed by atoms with E-state index in [0.717, 1.165) is 31.2 Å². The zero-order chi connectivity index (χ0) is 27.4. The molecule has 0 aliphatic heterocycles. The molecule has 1 N–H and O–H groups in total. The van der Waals surface area contributed by atoms with Gasteiger partial charge in [0.25, 0.3) is 0 Å². The lowest BCUT2D eigenvalue weighted by molar-refractivity contribution is -0.113. The molecule has 38 heavy (non-hydrogen) atoms. The van der Waals surface area contributed by atoms with Crippen LogP contribution in [0, 0.1) is 22.7 Å². The van der Waals surface area contributed by atoms with Crippen molar-refractivity contribution in [3.63, 3.8) is 0 Å². The summed E-state index contributed by atoms with van der Waals surface area (Å²) in [5.41, 5.74) is 1.99. The Balaban J connectivity index is 1.38. The minimum atomic E-state index is -0.174. The highest BCUT2D eigenvalue weighted by Gasteiger charge is 2.34. The molecule has 0 saturated carbocycles. The first-order chi connectivity index (χ1) is 18.2. The van der Waals surface area contributed by atoms with Gasteiger partial charge in [-0.15, -0.1) is 21.5 Å². The molecule has 2 heterocycles. The summed E-state index contributed by atoms with van der Waals surface area (Å²) in [6, 6.07) is 7.37. The third-order valence-corrected chi connectivity index (χ3v) is 10.0. The molecule has 1 amide bonds. The molecule has 1 aromatic carbocycles. The van der Waals surface area contributed by atoms with Gasteiger partial charge in [-0.2, -0.15) is 5.26 Å². The number of nitrogens with one attached hydrogen (secondary N) is 1. The summed E-state index contributed by atoms with van der Waals surface area (Å²) >= 11 is 15.0. The topological polar surface area (TPSA) is 92.8 Å². The summed E-state index contributed by atoms with van der Waals surface area (Å²) in [7, 11) is 0. The van der Waals surface area contributed by atoms with E-state index in [1.54, 1.807) is 29.5 Å². The van der Waals surface area contributed by atoms with Crippen molar-refractivity contribution in [2.24, 2.45) is 11.3 Å². The van der Waals surface area contributed by atoms with Crippen LogP contribution in [-0.2, 0) is 30.8 Å². The van der Waals surface area contributed by atoms with Gasteiger partial charge in [0.2, 0.25) is 5.91 Å². The van der Waals surface area contributed by atoms with Gasteiger partial charge in [-0.05, 0) is 61.3 Å². The van der Waals surface area contributed by atoms with Crippen LogP contribution in [0.2, 0.25) is 10.0 Å². The Bertz CT molecular complexity index is 1360. The molecule has 7 nitrogen and oxygen atoms in total. The summed E-state index contributed by atoms with van der Waals surface area (Å²) in [4.78, 5) is 14.1. The highest BCUT2D eigenvalue weighted by atomic mass is 35.5. The van der Waals surface area contributed by atoms with Crippen molar-refractivity contribution in [1.29, 1.82) is 5.26 Å². The Kier molecular flexibility index (Phi) is 9.30. The molecule has 202 valence electrons. The largest absolute Gasteiger partial charge is 0.484 e. The van der Waals surface area contributed by atoms with Crippen LogP contribution in [0.3, 0.4) is 0 Å². The smallest absolute Gasteiger partial charge is 0.235 e. The second kappa shape index (κ2) is 12.3. The van der Waals surface area contributed by atoms with Crippen molar-refractivity contribution in [2.75, 3.05) is 11.1 Å². The Labute approximate surface area is 241 Å². The van der Waals surface area contributed by atoms with E-state index >= 15 is 0 Å². The first-order valence-electron chi connectivity index (χ1n) is 12.6. The average Bonchev–Trinajstić information content (AvgIpc) is 3.45. The summed E-state index contributed by atoms with van der Waals surface area (Å²) < 4.78 is 7.71. The van der Waals surface area contributed by atoms with Gasteiger partial charge in [0, 0.05) is 16.4 Å².